The van der Waals surface area contributed by atoms with Crippen LogP contribution in [0.15, 0.2) is 24.4 Å². The highest BCUT2D eigenvalue weighted by molar-refractivity contribution is 6.31. The van der Waals surface area contributed by atoms with Crippen molar-refractivity contribution in [1.82, 2.24) is 15.2 Å². The molecule has 114 valence electrons. The van der Waals surface area contributed by atoms with Gasteiger partial charge in [0.25, 0.3) is 0 Å². The summed E-state index contributed by atoms with van der Waals surface area (Å²) >= 11 is 12.2. The van der Waals surface area contributed by atoms with Crippen molar-refractivity contribution in [3.8, 4) is 0 Å². The molecule has 6 nitrogen and oxygen atoms in total. The minimum Gasteiger partial charge on any atom is -0.398 e. The Balaban J connectivity index is 2.43. The first-order valence-electron chi connectivity index (χ1n) is 6.29. The average molecular weight is 330 g/mol. The van der Waals surface area contributed by atoms with E-state index in [2.05, 4.69) is 10.5 Å². The lowest BCUT2D eigenvalue weighted by Crippen LogP contribution is -2.32. The van der Waals surface area contributed by atoms with Gasteiger partial charge in [0.05, 0.1) is 36.1 Å². The first-order valence-corrected chi connectivity index (χ1v) is 7.05. The number of benzene rings is 1. The molecule has 0 spiro atoms. The van der Waals surface area contributed by atoms with Crippen LogP contribution in [0.3, 0.4) is 0 Å². The van der Waals surface area contributed by atoms with E-state index < -0.39 is 6.04 Å². The predicted octanol–water partition coefficient (Wildman–Crippen LogP) is 1.97. The summed E-state index contributed by atoms with van der Waals surface area (Å²) in [7, 11) is 1.63. The van der Waals surface area contributed by atoms with Crippen LogP contribution in [-0.4, -0.2) is 23.5 Å². The van der Waals surface area contributed by atoms with Gasteiger partial charge in [0.1, 0.15) is 0 Å². The summed E-state index contributed by atoms with van der Waals surface area (Å²) in [5.41, 5.74) is 10.8. The van der Waals surface area contributed by atoms with Crippen LogP contribution in [0, 0.1) is 0 Å². The smallest absolute Gasteiger partial charge is 0.0913 e. The number of hydrazine groups is 1. The number of nitrogens with two attached hydrogens (primary N) is 2. The fourth-order valence-electron chi connectivity index (χ4n) is 2.14. The molecule has 0 fully saturated rings. The first kappa shape index (κ1) is 16.1. The number of nitrogens with zero attached hydrogens (tertiary/aromatic N) is 2. The number of anilines is 1. The molecule has 1 atom stereocenters. The molecule has 5 N–H and O–H groups in total. The zero-order valence-corrected chi connectivity index (χ0v) is 13.0. The molecule has 21 heavy (non-hydrogen) atoms. The van der Waals surface area contributed by atoms with E-state index in [4.69, 9.17) is 39.5 Å². The molecule has 2 aromatic rings. The Labute approximate surface area is 132 Å². The standard InChI is InChI=1S/C13H17Cl2N5O/c1-21-5-4-20-13(10(15)7-18-20)12(19-17)9-3-2-8(14)6-11(9)16/h2-3,6-7,12,19H,4-5,16-17H2,1H3. The lowest BCUT2D eigenvalue weighted by molar-refractivity contribution is 0.182. The maximum atomic E-state index is 6.24. The van der Waals surface area contributed by atoms with E-state index in [1.54, 1.807) is 30.1 Å². The third-order valence-electron chi connectivity index (χ3n) is 3.14. The van der Waals surface area contributed by atoms with E-state index in [9.17, 15) is 0 Å². The lowest BCUT2D eigenvalue weighted by Gasteiger charge is -2.20. The zero-order chi connectivity index (χ0) is 15.4. The zero-order valence-electron chi connectivity index (χ0n) is 11.5. The molecule has 0 bridgehead atoms. The number of halogens is 2. The normalized spacial score (nSPS) is 12.6. The van der Waals surface area contributed by atoms with Crippen molar-refractivity contribution in [2.75, 3.05) is 19.5 Å². The van der Waals surface area contributed by atoms with E-state index in [0.717, 1.165) is 11.3 Å². The minimum atomic E-state index is -0.394. The molecule has 1 aromatic heterocycles. The van der Waals surface area contributed by atoms with E-state index in [0.29, 0.717) is 28.9 Å². The van der Waals surface area contributed by atoms with Gasteiger partial charge >= 0.3 is 0 Å². The third kappa shape index (κ3) is 3.48. The number of hydrogen-bond acceptors (Lipinski definition) is 5. The van der Waals surface area contributed by atoms with E-state index in [1.165, 1.54) is 0 Å². The highest BCUT2D eigenvalue weighted by Crippen LogP contribution is 2.32. The van der Waals surface area contributed by atoms with Crippen LogP contribution >= 0.6 is 23.2 Å². The minimum absolute atomic E-state index is 0.394. The summed E-state index contributed by atoms with van der Waals surface area (Å²) in [4.78, 5) is 0. The second-order valence-corrected chi connectivity index (χ2v) is 5.31. The summed E-state index contributed by atoms with van der Waals surface area (Å²) in [6, 6.07) is 4.84. The monoisotopic (exact) mass is 329 g/mol. The quantitative estimate of drug-likeness (QED) is 0.428. The SMILES string of the molecule is COCCn1ncc(Cl)c1C(NN)c1ccc(Cl)cc1N. The number of hydrogen-bond donors (Lipinski definition) is 3. The van der Waals surface area contributed by atoms with Crippen molar-refractivity contribution in [2.24, 2.45) is 5.84 Å². The number of ether oxygens (including phenoxy) is 1. The van der Waals surface area contributed by atoms with Gasteiger partial charge in [-0.05, 0) is 17.7 Å². The molecule has 0 aliphatic rings. The second kappa shape index (κ2) is 7.11. The van der Waals surface area contributed by atoms with Crippen LogP contribution in [0.5, 0.6) is 0 Å². The molecule has 1 aromatic carbocycles. The second-order valence-electron chi connectivity index (χ2n) is 4.47. The summed E-state index contributed by atoms with van der Waals surface area (Å²) < 4.78 is 6.81. The maximum Gasteiger partial charge on any atom is 0.0913 e. The number of rotatable bonds is 6. The molecule has 0 radical (unpaired) electrons. The van der Waals surface area contributed by atoms with Crippen LogP contribution in [0.4, 0.5) is 5.69 Å². The first-order chi connectivity index (χ1) is 10.1. The van der Waals surface area contributed by atoms with Crippen LogP contribution in [0.25, 0.3) is 0 Å². The molecule has 0 saturated carbocycles. The van der Waals surface area contributed by atoms with Crippen molar-refractivity contribution in [2.45, 2.75) is 12.6 Å². The topological polar surface area (TPSA) is 91.1 Å². The Morgan fingerprint density at radius 1 is 1.43 bits per heavy atom. The van der Waals surface area contributed by atoms with Gasteiger partial charge in [-0.25, -0.2) is 5.43 Å². The van der Waals surface area contributed by atoms with Crippen molar-refractivity contribution in [3.05, 3.63) is 45.7 Å². The molecule has 8 heteroatoms. The lowest BCUT2D eigenvalue weighted by atomic mass is 10.0. The predicted molar refractivity (Wildman–Crippen MR) is 84.1 cm³/mol. The van der Waals surface area contributed by atoms with E-state index in [1.807, 2.05) is 6.07 Å². The summed E-state index contributed by atoms with van der Waals surface area (Å²) in [5.74, 6) is 5.70. The Morgan fingerprint density at radius 2 is 2.19 bits per heavy atom. The third-order valence-corrected chi connectivity index (χ3v) is 3.67. The van der Waals surface area contributed by atoms with Crippen molar-refractivity contribution in [1.29, 1.82) is 0 Å². The van der Waals surface area contributed by atoms with Crippen LogP contribution in [-0.2, 0) is 11.3 Å². The largest absolute Gasteiger partial charge is 0.398 e. The van der Waals surface area contributed by atoms with Crippen molar-refractivity contribution < 1.29 is 4.74 Å². The van der Waals surface area contributed by atoms with Gasteiger partial charge in [-0.3, -0.25) is 10.5 Å². The Bertz CT molecular complexity index is 617. The molecular weight excluding hydrogens is 313 g/mol. The average Bonchev–Trinajstić information content (AvgIpc) is 2.81. The maximum absolute atomic E-state index is 6.24. The van der Waals surface area contributed by atoms with E-state index >= 15 is 0 Å². The Morgan fingerprint density at radius 3 is 2.81 bits per heavy atom. The molecule has 2 rings (SSSR count). The highest BCUT2D eigenvalue weighted by Gasteiger charge is 2.23. The number of nitrogens with one attached hydrogen (secondary N) is 1. The van der Waals surface area contributed by atoms with Gasteiger partial charge in [-0.2, -0.15) is 5.10 Å². The summed E-state index contributed by atoms with van der Waals surface area (Å²) in [6.45, 7) is 1.07. The molecular formula is C13H17Cl2N5O. The van der Waals surface area contributed by atoms with Gasteiger partial charge < -0.3 is 10.5 Å². The number of methoxy groups -OCH3 is 1. The Kier molecular flexibility index (Phi) is 5.44. The van der Waals surface area contributed by atoms with Gasteiger partial charge in [0.2, 0.25) is 0 Å². The molecule has 0 amide bonds. The molecule has 0 saturated heterocycles. The Hall–Kier alpha value is -1.31. The summed E-state index contributed by atoms with van der Waals surface area (Å²) in [5, 5.41) is 5.30. The van der Waals surface area contributed by atoms with Crippen molar-refractivity contribution in [3.63, 3.8) is 0 Å². The molecule has 1 unspecified atom stereocenters. The van der Waals surface area contributed by atoms with Gasteiger partial charge in [-0.15, -0.1) is 0 Å². The number of aromatic nitrogens is 2. The van der Waals surface area contributed by atoms with E-state index in [-0.39, 0.29) is 0 Å². The van der Waals surface area contributed by atoms with Crippen LogP contribution < -0.4 is 17.0 Å². The molecule has 0 aliphatic heterocycles. The highest BCUT2D eigenvalue weighted by atomic mass is 35.5. The van der Waals surface area contributed by atoms with Gasteiger partial charge in [0.15, 0.2) is 0 Å². The molecule has 1 heterocycles. The van der Waals surface area contributed by atoms with Crippen LogP contribution in [0.2, 0.25) is 10.0 Å². The van der Waals surface area contributed by atoms with Gasteiger partial charge in [0, 0.05) is 17.8 Å². The van der Waals surface area contributed by atoms with Gasteiger partial charge in [-0.1, -0.05) is 29.3 Å². The van der Waals surface area contributed by atoms with Crippen LogP contribution in [0.1, 0.15) is 17.3 Å². The number of nitrogen functional groups attached to an aromatic ring is 1. The van der Waals surface area contributed by atoms with Crippen molar-refractivity contribution >= 4 is 28.9 Å². The summed E-state index contributed by atoms with van der Waals surface area (Å²) in [6.07, 6.45) is 1.57. The fraction of sp³-hybridized carbons (Fsp3) is 0.308. The molecule has 0 aliphatic carbocycles. The fourth-order valence-corrected chi connectivity index (χ4v) is 2.57.